The summed E-state index contributed by atoms with van der Waals surface area (Å²) < 4.78 is 5.26. The van der Waals surface area contributed by atoms with E-state index < -0.39 is 0 Å². The average Bonchev–Trinajstić information content (AvgIpc) is 3.23. The van der Waals surface area contributed by atoms with Crippen LogP contribution < -0.4 is 5.32 Å². The number of aromatic amines is 1. The van der Waals surface area contributed by atoms with Crippen molar-refractivity contribution >= 4 is 17.0 Å². The molecule has 0 radical (unpaired) electrons. The molecule has 0 unspecified atom stereocenters. The van der Waals surface area contributed by atoms with E-state index in [0.29, 0.717) is 19.6 Å². The molecule has 5 nitrogen and oxygen atoms in total. The van der Waals surface area contributed by atoms with E-state index in [9.17, 15) is 9.90 Å². The monoisotopic (exact) mass is 466 g/mol. The summed E-state index contributed by atoms with van der Waals surface area (Å²) in [7, 11) is 0. The lowest BCUT2D eigenvalue weighted by Crippen LogP contribution is -2.26. The Hall–Kier alpha value is -2.95. The second kappa shape index (κ2) is 17.5. The van der Waals surface area contributed by atoms with Gasteiger partial charge in [0.05, 0.1) is 6.61 Å². The third kappa shape index (κ3) is 11.8. The van der Waals surface area contributed by atoms with Gasteiger partial charge in [0.2, 0.25) is 0 Å². The molecule has 0 saturated heterocycles. The number of aromatic hydroxyl groups is 1. The molecule has 0 fully saturated rings. The molecule has 0 aliphatic carbocycles. The van der Waals surface area contributed by atoms with Crippen molar-refractivity contribution in [1.82, 2.24) is 10.3 Å². The summed E-state index contributed by atoms with van der Waals surface area (Å²) in [4.78, 5) is 15.0. The molecule has 0 spiro atoms. The number of phenols is 1. The molecular formula is C29H42N2O3. The van der Waals surface area contributed by atoms with Crippen molar-refractivity contribution in [3.8, 4) is 5.75 Å². The van der Waals surface area contributed by atoms with Crippen LogP contribution in [0.1, 0.15) is 76.7 Å². The molecule has 1 heterocycles. The topological polar surface area (TPSA) is 74.3 Å². The molecule has 0 atom stereocenters. The summed E-state index contributed by atoms with van der Waals surface area (Å²) in [5.74, 6) is 0.240. The number of fused-ring (bicyclic) bond motifs is 1. The maximum Gasteiger partial charge on any atom is 0.407 e. The van der Waals surface area contributed by atoms with Crippen LogP contribution in [-0.4, -0.2) is 29.3 Å². The van der Waals surface area contributed by atoms with E-state index in [0.717, 1.165) is 55.0 Å². The fourth-order valence-corrected chi connectivity index (χ4v) is 3.72. The van der Waals surface area contributed by atoms with Gasteiger partial charge in [-0.05, 0) is 81.5 Å². The minimum absolute atomic E-state index is 0.240. The Morgan fingerprint density at radius 1 is 0.971 bits per heavy atom. The van der Waals surface area contributed by atoms with Gasteiger partial charge in [-0.3, -0.25) is 0 Å². The molecule has 1 amide bonds. The largest absolute Gasteiger partial charge is 0.508 e. The highest BCUT2D eigenvalue weighted by atomic mass is 16.5. The Labute approximate surface area is 205 Å². The van der Waals surface area contributed by atoms with Crippen LogP contribution in [0.4, 0.5) is 4.79 Å². The van der Waals surface area contributed by atoms with E-state index >= 15 is 0 Å². The average molecular weight is 467 g/mol. The number of phenolic OH excluding ortho intramolecular Hbond substituents is 1. The lowest BCUT2D eigenvalue weighted by molar-refractivity contribution is 0.144. The summed E-state index contributed by atoms with van der Waals surface area (Å²) in [5, 5.41) is 13.4. The van der Waals surface area contributed by atoms with Gasteiger partial charge in [-0.25, -0.2) is 4.79 Å². The molecule has 1 aromatic carbocycles. The number of rotatable bonds is 17. The number of nitrogens with one attached hydrogen (secondary N) is 2. The third-order valence-corrected chi connectivity index (χ3v) is 5.68. The minimum Gasteiger partial charge on any atom is -0.508 e. The highest BCUT2D eigenvalue weighted by Crippen LogP contribution is 2.23. The predicted octanol–water partition coefficient (Wildman–Crippen LogP) is 7.73. The van der Waals surface area contributed by atoms with Gasteiger partial charge >= 0.3 is 6.09 Å². The Bertz CT molecular complexity index is 911. The zero-order chi connectivity index (χ0) is 24.3. The lowest BCUT2D eigenvalue weighted by atomic mass is 10.1. The summed E-state index contributed by atoms with van der Waals surface area (Å²) in [5.41, 5.74) is 2.03. The number of aromatic nitrogens is 1. The number of hydrogen-bond acceptors (Lipinski definition) is 3. The van der Waals surface area contributed by atoms with Crippen LogP contribution in [-0.2, 0) is 11.2 Å². The number of alkyl carbamates (subject to hydrolysis) is 1. The molecule has 2 rings (SSSR count). The number of benzene rings is 1. The number of carbonyl (C=O) groups excluding carboxylic acids is 1. The molecule has 5 heteroatoms. The molecular weight excluding hydrogens is 424 g/mol. The Morgan fingerprint density at radius 3 is 2.41 bits per heavy atom. The highest BCUT2D eigenvalue weighted by Gasteiger charge is 2.06. The molecule has 0 saturated carbocycles. The van der Waals surface area contributed by atoms with Crippen LogP contribution in [0.2, 0.25) is 0 Å². The van der Waals surface area contributed by atoms with Crippen molar-refractivity contribution in [2.75, 3.05) is 13.2 Å². The van der Waals surface area contributed by atoms with Crippen LogP contribution in [0.5, 0.6) is 5.75 Å². The van der Waals surface area contributed by atoms with Crippen molar-refractivity contribution in [3.63, 3.8) is 0 Å². The second-order valence-electron chi connectivity index (χ2n) is 8.59. The number of carbonyl (C=O) groups is 1. The first-order valence-corrected chi connectivity index (χ1v) is 12.8. The van der Waals surface area contributed by atoms with Crippen molar-refractivity contribution < 1.29 is 14.6 Å². The zero-order valence-corrected chi connectivity index (χ0v) is 20.7. The van der Waals surface area contributed by atoms with Gasteiger partial charge < -0.3 is 20.1 Å². The summed E-state index contributed by atoms with van der Waals surface area (Å²) in [6.45, 7) is 3.18. The summed E-state index contributed by atoms with van der Waals surface area (Å²) >= 11 is 0. The standard InChI is InChI=1S/C29H42N2O3/c1-2-3-4-5-6-7-8-9-10-11-12-13-14-15-16-17-22-34-29(33)30-21-20-25-24-31-28-19-18-26(32)23-27(25)28/h6-7,9-10,12-13,18-19,23-24,31-32H,2-5,8,11,14-17,20-22H2,1H3,(H,30,33)/b7-6-,10-9-,13-12-. The summed E-state index contributed by atoms with van der Waals surface area (Å²) in [6.07, 6.45) is 26.9. The SMILES string of the molecule is CCCCC/C=C\C/C=C\C/C=C\CCCCCOC(=O)NCCc1c[nH]c2ccc(O)cc12. The maximum absolute atomic E-state index is 11.8. The summed E-state index contributed by atoms with van der Waals surface area (Å²) in [6, 6.07) is 5.24. The highest BCUT2D eigenvalue weighted by molar-refractivity contribution is 5.84. The Morgan fingerprint density at radius 2 is 1.68 bits per heavy atom. The number of unbranched alkanes of at least 4 members (excludes halogenated alkanes) is 6. The van der Waals surface area contributed by atoms with Crippen molar-refractivity contribution in [1.29, 1.82) is 0 Å². The zero-order valence-electron chi connectivity index (χ0n) is 20.7. The van der Waals surface area contributed by atoms with Gasteiger partial charge in [0.25, 0.3) is 0 Å². The van der Waals surface area contributed by atoms with Crippen LogP contribution in [0.15, 0.2) is 60.9 Å². The van der Waals surface area contributed by atoms with E-state index in [2.05, 4.69) is 53.7 Å². The van der Waals surface area contributed by atoms with Gasteiger partial charge in [-0.1, -0.05) is 56.2 Å². The quantitative estimate of drug-likeness (QED) is 0.165. The maximum atomic E-state index is 11.8. The first-order chi connectivity index (χ1) is 16.7. The molecule has 0 aliphatic heterocycles. The van der Waals surface area contributed by atoms with Gasteiger partial charge in [-0.15, -0.1) is 0 Å². The molecule has 0 bridgehead atoms. The van der Waals surface area contributed by atoms with E-state index in [1.54, 1.807) is 12.1 Å². The molecule has 1 aromatic heterocycles. The predicted molar refractivity (Wildman–Crippen MR) is 142 cm³/mol. The molecule has 2 aromatic rings. The number of hydrogen-bond donors (Lipinski definition) is 3. The number of allylic oxidation sites excluding steroid dienone is 6. The van der Waals surface area contributed by atoms with Gasteiger partial charge in [0.1, 0.15) is 5.75 Å². The smallest absolute Gasteiger partial charge is 0.407 e. The van der Waals surface area contributed by atoms with E-state index in [1.807, 2.05) is 12.3 Å². The Balaban J connectivity index is 1.41. The third-order valence-electron chi connectivity index (χ3n) is 5.68. The molecule has 0 aliphatic rings. The van der Waals surface area contributed by atoms with E-state index in [4.69, 9.17) is 4.74 Å². The van der Waals surface area contributed by atoms with Gasteiger partial charge in [0.15, 0.2) is 0 Å². The minimum atomic E-state index is -0.370. The van der Waals surface area contributed by atoms with Crippen molar-refractivity contribution in [2.24, 2.45) is 0 Å². The second-order valence-corrected chi connectivity index (χ2v) is 8.59. The van der Waals surface area contributed by atoms with Crippen molar-refractivity contribution in [3.05, 3.63) is 66.4 Å². The van der Waals surface area contributed by atoms with Crippen LogP contribution in [0, 0.1) is 0 Å². The number of ether oxygens (including phenoxy) is 1. The van der Waals surface area contributed by atoms with E-state index in [1.165, 1.54) is 25.7 Å². The number of H-pyrrole nitrogens is 1. The lowest BCUT2D eigenvalue weighted by Gasteiger charge is -2.06. The van der Waals surface area contributed by atoms with Gasteiger partial charge in [-0.2, -0.15) is 0 Å². The fourth-order valence-electron chi connectivity index (χ4n) is 3.72. The first kappa shape index (κ1) is 27.3. The van der Waals surface area contributed by atoms with Crippen molar-refractivity contribution in [2.45, 2.75) is 77.6 Å². The normalized spacial score (nSPS) is 11.9. The number of amides is 1. The van der Waals surface area contributed by atoms with E-state index in [-0.39, 0.29) is 11.8 Å². The van der Waals surface area contributed by atoms with Gasteiger partial charge in [0, 0.05) is 23.6 Å². The van der Waals surface area contributed by atoms with Crippen LogP contribution in [0.25, 0.3) is 10.9 Å². The van der Waals surface area contributed by atoms with Crippen LogP contribution in [0.3, 0.4) is 0 Å². The first-order valence-electron chi connectivity index (χ1n) is 12.8. The molecule has 186 valence electrons. The molecule has 3 N–H and O–H groups in total. The fraction of sp³-hybridized carbons (Fsp3) is 0.483. The Kier molecular flexibility index (Phi) is 14.1. The van der Waals surface area contributed by atoms with Crippen LogP contribution >= 0.6 is 0 Å². The molecule has 34 heavy (non-hydrogen) atoms.